The minimum atomic E-state index is -0.0286. The van der Waals surface area contributed by atoms with Crippen LogP contribution < -0.4 is 4.90 Å². The molecule has 9 nitrogen and oxygen atoms in total. The second-order valence-electron chi connectivity index (χ2n) is 9.94. The van der Waals surface area contributed by atoms with Crippen LogP contribution in [-0.4, -0.2) is 79.7 Å². The maximum absolute atomic E-state index is 13.6. The number of amides is 1. The highest BCUT2D eigenvalue weighted by atomic mass is 16.2. The second kappa shape index (κ2) is 11.1. The number of rotatable bonds is 6. The molecule has 2 aromatic carbocycles. The van der Waals surface area contributed by atoms with Crippen molar-refractivity contribution in [3.05, 3.63) is 96.8 Å². The van der Waals surface area contributed by atoms with Gasteiger partial charge in [-0.3, -0.25) is 9.69 Å². The molecule has 9 heteroatoms. The summed E-state index contributed by atoms with van der Waals surface area (Å²) in [5, 5.41) is 4.17. The van der Waals surface area contributed by atoms with Gasteiger partial charge in [-0.15, -0.1) is 0 Å². The van der Waals surface area contributed by atoms with E-state index in [1.54, 1.807) is 17.3 Å². The van der Waals surface area contributed by atoms with Crippen molar-refractivity contribution >= 4 is 11.7 Å². The van der Waals surface area contributed by atoms with E-state index < -0.39 is 0 Å². The Morgan fingerprint density at radius 1 is 0.816 bits per heavy atom. The highest BCUT2D eigenvalue weighted by Crippen LogP contribution is 2.30. The van der Waals surface area contributed by atoms with Gasteiger partial charge in [-0.05, 0) is 24.0 Å². The first-order chi connectivity index (χ1) is 18.8. The van der Waals surface area contributed by atoms with Crippen LogP contribution in [0.1, 0.15) is 30.0 Å². The zero-order valence-corrected chi connectivity index (χ0v) is 21.4. The average molecular weight is 509 g/mol. The van der Waals surface area contributed by atoms with Crippen molar-refractivity contribution in [3.8, 4) is 5.82 Å². The minimum Gasteiger partial charge on any atom is -0.356 e. The lowest BCUT2D eigenvalue weighted by molar-refractivity contribution is -0.137. The Kier molecular flexibility index (Phi) is 7.08. The SMILES string of the molecule is O=C(C1CCCN(c2cc(-n3cncn3)ncn2)C1)N1CCN(C(c2ccccc2)c2ccccc2)CC1. The van der Waals surface area contributed by atoms with Gasteiger partial charge < -0.3 is 9.80 Å². The summed E-state index contributed by atoms with van der Waals surface area (Å²) in [5.41, 5.74) is 2.58. The van der Waals surface area contributed by atoms with E-state index in [0.717, 1.165) is 51.4 Å². The van der Waals surface area contributed by atoms with E-state index >= 15 is 0 Å². The molecular weight excluding hydrogens is 476 g/mol. The van der Waals surface area contributed by atoms with Crippen LogP contribution in [0.2, 0.25) is 0 Å². The Labute approximate surface area is 222 Å². The summed E-state index contributed by atoms with van der Waals surface area (Å²) < 4.78 is 1.62. The fourth-order valence-corrected chi connectivity index (χ4v) is 5.69. The van der Waals surface area contributed by atoms with Gasteiger partial charge in [-0.25, -0.2) is 19.6 Å². The van der Waals surface area contributed by atoms with Crippen molar-refractivity contribution in [1.29, 1.82) is 0 Å². The Hall–Kier alpha value is -4.11. The van der Waals surface area contributed by atoms with Crippen LogP contribution in [0.4, 0.5) is 5.82 Å². The summed E-state index contributed by atoms with van der Waals surface area (Å²) in [5.74, 6) is 1.72. The maximum atomic E-state index is 13.6. The number of hydrogen-bond acceptors (Lipinski definition) is 7. The molecule has 2 aliphatic heterocycles. The fraction of sp³-hybridized carbons (Fsp3) is 0.345. The summed E-state index contributed by atoms with van der Waals surface area (Å²) in [6.07, 6.45) is 6.52. The van der Waals surface area contributed by atoms with Gasteiger partial charge >= 0.3 is 0 Å². The number of anilines is 1. The fourth-order valence-electron chi connectivity index (χ4n) is 5.69. The quantitative estimate of drug-likeness (QED) is 0.396. The Morgan fingerprint density at radius 2 is 1.50 bits per heavy atom. The number of piperazine rings is 1. The molecule has 2 aliphatic rings. The summed E-state index contributed by atoms with van der Waals surface area (Å²) in [7, 11) is 0. The van der Waals surface area contributed by atoms with Gasteiger partial charge in [0.15, 0.2) is 5.82 Å². The second-order valence-corrected chi connectivity index (χ2v) is 9.94. The zero-order chi connectivity index (χ0) is 25.7. The molecule has 0 saturated carbocycles. The Bertz CT molecular complexity index is 1280. The van der Waals surface area contributed by atoms with Gasteiger partial charge in [0.1, 0.15) is 24.8 Å². The van der Waals surface area contributed by atoms with Crippen molar-refractivity contribution in [3.63, 3.8) is 0 Å². The van der Waals surface area contributed by atoms with E-state index in [2.05, 4.69) is 95.4 Å². The largest absolute Gasteiger partial charge is 0.356 e. The van der Waals surface area contributed by atoms with E-state index in [4.69, 9.17) is 0 Å². The Morgan fingerprint density at radius 3 is 2.16 bits per heavy atom. The molecule has 194 valence electrons. The summed E-state index contributed by atoms with van der Waals surface area (Å²) in [6, 6.07) is 23.4. The first-order valence-electron chi connectivity index (χ1n) is 13.3. The molecule has 0 aliphatic carbocycles. The van der Waals surface area contributed by atoms with E-state index in [9.17, 15) is 4.79 Å². The molecule has 38 heavy (non-hydrogen) atoms. The van der Waals surface area contributed by atoms with Crippen LogP contribution in [0.25, 0.3) is 5.82 Å². The van der Waals surface area contributed by atoms with Gasteiger partial charge in [-0.1, -0.05) is 60.7 Å². The molecule has 0 bridgehead atoms. The summed E-state index contributed by atoms with van der Waals surface area (Å²) >= 11 is 0. The van der Waals surface area contributed by atoms with Crippen LogP contribution in [0.3, 0.4) is 0 Å². The highest BCUT2D eigenvalue weighted by molar-refractivity contribution is 5.80. The molecule has 4 aromatic rings. The first-order valence-corrected chi connectivity index (χ1v) is 13.3. The number of benzene rings is 2. The van der Waals surface area contributed by atoms with Crippen LogP contribution in [0.5, 0.6) is 0 Å². The first kappa shape index (κ1) is 24.2. The lowest BCUT2D eigenvalue weighted by Crippen LogP contribution is -2.53. The molecule has 2 saturated heterocycles. The van der Waals surface area contributed by atoms with Crippen LogP contribution in [-0.2, 0) is 4.79 Å². The van der Waals surface area contributed by atoms with Gasteiger partial charge in [0.05, 0.1) is 12.0 Å². The maximum Gasteiger partial charge on any atom is 0.227 e. The van der Waals surface area contributed by atoms with Crippen molar-refractivity contribution in [2.45, 2.75) is 18.9 Å². The minimum absolute atomic E-state index is 0.0286. The number of piperidine rings is 1. The lowest BCUT2D eigenvalue weighted by Gasteiger charge is -2.42. The van der Waals surface area contributed by atoms with Crippen molar-refractivity contribution in [2.75, 3.05) is 44.2 Å². The molecule has 1 atom stereocenters. The summed E-state index contributed by atoms with van der Waals surface area (Å²) in [6.45, 7) is 4.74. The van der Waals surface area contributed by atoms with Crippen molar-refractivity contribution in [1.82, 2.24) is 34.5 Å². The highest BCUT2D eigenvalue weighted by Gasteiger charge is 2.33. The molecule has 1 unspecified atom stereocenters. The number of carbonyl (C=O) groups is 1. The molecule has 2 fully saturated rings. The van der Waals surface area contributed by atoms with Gasteiger partial charge in [0.25, 0.3) is 0 Å². The third-order valence-corrected chi connectivity index (χ3v) is 7.61. The standard InChI is InChI=1S/C29H32N8O/c38-29(25-12-7-13-36(19-25)26-18-27(32-21-31-26)37-22-30-20-33-37)35-16-14-34(15-17-35)28(23-8-3-1-4-9-23)24-10-5-2-6-11-24/h1-6,8-11,18,20-22,25,28H,7,12-17,19H2. The lowest BCUT2D eigenvalue weighted by atomic mass is 9.95. The number of nitrogens with zero attached hydrogens (tertiary/aromatic N) is 8. The molecule has 0 N–H and O–H groups in total. The Balaban J connectivity index is 1.11. The predicted octanol–water partition coefficient (Wildman–Crippen LogP) is 3.21. The van der Waals surface area contributed by atoms with Gasteiger partial charge in [-0.2, -0.15) is 5.10 Å². The van der Waals surface area contributed by atoms with Crippen LogP contribution in [0, 0.1) is 5.92 Å². The molecule has 0 radical (unpaired) electrons. The molecule has 0 spiro atoms. The van der Waals surface area contributed by atoms with E-state index in [1.807, 2.05) is 6.07 Å². The van der Waals surface area contributed by atoms with Crippen LogP contribution in [0.15, 0.2) is 85.7 Å². The molecule has 4 heterocycles. The van der Waals surface area contributed by atoms with Gasteiger partial charge in [0, 0.05) is 45.3 Å². The normalized spacial score (nSPS) is 18.6. The number of carbonyl (C=O) groups excluding carboxylic acids is 1. The third-order valence-electron chi connectivity index (χ3n) is 7.61. The summed E-state index contributed by atoms with van der Waals surface area (Å²) in [4.78, 5) is 33.2. The van der Waals surface area contributed by atoms with Crippen LogP contribution >= 0.6 is 0 Å². The van der Waals surface area contributed by atoms with E-state index in [0.29, 0.717) is 12.4 Å². The van der Waals surface area contributed by atoms with Crippen molar-refractivity contribution in [2.24, 2.45) is 5.92 Å². The molecule has 6 rings (SSSR count). The third kappa shape index (κ3) is 5.15. The number of hydrogen-bond donors (Lipinski definition) is 0. The average Bonchev–Trinajstić information content (AvgIpc) is 3.54. The topological polar surface area (TPSA) is 83.3 Å². The van der Waals surface area contributed by atoms with E-state index in [1.165, 1.54) is 17.5 Å². The molecule has 2 aromatic heterocycles. The predicted molar refractivity (Wildman–Crippen MR) is 145 cm³/mol. The smallest absolute Gasteiger partial charge is 0.227 e. The monoisotopic (exact) mass is 508 g/mol. The zero-order valence-electron chi connectivity index (χ0n) is 21.4. The molecule has 1 amide bonds. The molecular formula is C29H32N8O. The number of aromatic nitrogens is 5. The van der Waals surface area contributed by atoms with Crippen molar-refractivity contribution < 1.29 is 4.79 Å². The van der Waals surface area contributed by atoms with E-state index in [-0.39, 0.29) is 17.9 Å². The van der Waals surface area contributed by atoms with Gasteiger partial charge in [0.2, 0.25) is 5.91 Å².